The molecule has 1 saturated heterocycles. The van der Waals surface area contributed by atoms with E-state index in [1.165, 1.54) is 24.0 Å². The van der Waals surface area contributed by atoms with Crippen LogP contribution in [0.2, 0.25) is 0 Å². The Morgan fingerprint density at radius 1 is 1.33 bits per heavy atom. The minimum Gasteiger partial charge on any atom is -0.382 e. The van der Waals surface area contributed by atoms with Crippen LogP contribution in [0.1, 0.15) is 43.4 Å². The smallest absolute Gasteiger partial charge is 0.0865 e. The molecule has 0 spiro atoms. The Balaban J connectivity index is 1.96. The highest BCUT2D eigenvalue weighted by atomic mass is 16.5. The van der Waals surface area contributed by atoms with Crippen molar-refractivity contribution in [3.63, 3.8) is 0 Å². The maximum Gasteiger partial charge on any atom is 0.0865 e. The molecule has 118 valence electrons. The number of aryl methyl sites for hydroxylation is 1. The SMILES string of the molecule is CCOCCCOC(c1cccc(C)c1)[C@@H]1CCCNC1. The Hall–Kier alpha value is -0.900. The van der Waals surface area contributed by atoms with Crippen LogP contribution in [-0.2, 0) is 9.47 Å². The molecule has 0 bridgehead atoms. The summed E-state index contributed by atoms with van der Waals surface area (Å²) in [6.07, 6.45) is 3.67. The summed E-state index contributed by atoms with van der Waals surface area (Å²) >= 11 is 0. The number of hydrogen-bond donors (Lipinski definition) is 1. The van der Waals surface area contributed by atoms with Crippen LogP contribution in [0.25, 0.3) is 0 Å². The van der Waals surface area contributed by atoms with Crippen LogP contribution in [-0.4, -0.2) is 32.9 Å². The maximum absolute atomic E-state index is 6.25. The van der Waals surface area contributed by atoms with Crippen LogP contribution in [0.5, 0.6) is 0 Å². The van der Waals surface area contributed by atoms with Gasteiger partial charge in [-0.15, -0.1) is 0 Å². The number of piperidine rings is 1. The molecule has 0 amide bonds. The summed E-state index contributed by atoms with van der Waals surface area (Å²) in [6.45, 7) is 8.73. The molecule has 1 fully saturated rings. The number of hydrogen-bond acceptors (Lipinski definition) is 3. The van der Waals surface area contributed by atoms with Crippen molar-refractivity contribution in [2.45, 2.75) is 39.2 Å². The third-order valence-corrected chi connectivity index (χ3v) is 4.07. The molecule has 1 aliphatic rings. The minimum absolute atomic E-state index is 0.208. The van der Waals surface area contributed by atoms with Gasteiger partial charge in [-0.25, -0.2) is 0 Å². The summed E-state index contributed by atoms with van der Waals surface area (Å²) in [4.78, 5) is 0. The Morgan fingerprint density at radius 3 is 2.95 bits per heavy atom. The third kappa shape index (κ3) is 5.42. The van der Waals surface area contributed by atoms with E-state index in [1.807, 2.05) is 6.92 Å². The molecule has 2 atom stereocenters. The normalized spacial score (nSPS) is 20.4. The molecule has 1 aromatic rings. The van der Waals surface area contributed by atoms with E-state index in [4.69, 9.17) is 9.47 Å². The maximum atomic E-state index is 6.25. The second-order valence-electron chi connectivity index (χ2n) is 5.86. The van der Waals surface area contributed by atoms with Crippen molar-refractivity contribution in [3.8, 4) is 0 Å². The van der Waals surface area contributed by atoms with Crippen LogP contribution >= 0.6 is 0 Å². The minimum atomic E-state index is 0.208. The molecule has 0 radical (unpaired) electrons. The highest BCUT2D eigenvalue weighted by molar-refractivity contribution is 5.25. The second-order valence-corrected chi connectivity index (χ2v) is 5.86. The summed E-state index contributed by atoms with van der Waals surface area (Å²) in [7, 11) is 0. The lowest BCUT2D eigenvalue weighted by atomic mass is 9.89. The van der Waals surface area contributed by atoms with Gasteiger partial charge in [0.05, 0.1) is 6.10 Å². The van der Waals surface area contributed by atoms with Gasteiger partial charge < -0.3 is 14.8 Å². The summed E-state index contributed by atoms with van der Waals surface area (Å²) in [6, 6.07) is 8.75. The van der Waals surface area contributed by atoms with Crippen molar-refractivity contribution < 1.29 is 9.47 Å². The van der Waals surface area contributed by atoms with Gasteiger partial charge in [-0.3, -0.25) is 0 Å². The van der Waals surface area contributed by atoms with Crippen molar-refractivity contribution >= 4 is 0 Å². The predicted octanol–water partition coefficient (Wildman–Crippen LogP) is 3.48. The lowest BCUT2D eigenvalue weighted by molar-refractivity contribution is -0.00722. The highest BCUT2D eigenvalue weighted by Gasteiger charge is 2.25. The van der Waals surface area contributed by atoms with E-state index in [1.54, 1.807) is 0 Å². The molecule has 0 aromatic heterocycles. The quantitative estimate of drug-likeness (QED) is 0.744. The average Bonchev–Trinajstić information content (AvgIpc) is 2.52. The van der Waals surface area contributed by atoms with Crippen LogP contribution in [0, 0.1) is 12.8 Å². The monoisotopic (exact) mass is 291 g/mol. The van der Waals surface area contributed by atoms with Crippen molar-refractivity contribution in [1.82, 2.24) is 5.32 Å². The molecule has 21 heavy (non-hydrogen) atoms. The number of nitrogens with one attached hydrogen (secondary N) is 1. The van der Waals surface area contributed by atoms with E-state index in [2.05, 4.69) is 36.5 Å². The van der Waals surface area contributed by atoms with Crippen LogP contribution in [0.4, 0.5) is 0 Å². The van der Waals surface area contributed by atoms with Gasteiger partial charge in [-0.2, -0.15) is 0 Å². The van der Waals surface area contributed by atoms with Gasteiger partial charge in [0.2, 0.25) is 0 Å². The summed E-state index contributed by atoms with van der Waals surface area (Å²) in [5, 5.41) is 3.51. The van der Waals surface area contributed by atoms with E-state index in [-0.39, 0.29) is 6.10 Å². The fourth-order valence-electron chi connectivity index (χ4n) is 3.00. The standard InChI is InChI=1S/C18H29NO2/c1-3-20-11-6-12-21-18(17-9-5-10-19-14-17)16-8-4-7-15(2)13-16/h4,7-8,13,17-19H,3,5-6,9-12,14H2,1-2H3/t17-,18?/m1/s1. The lowest BCUT2D eigenvalue weighted by Crippen LogP contribution is -2.34. The molecule has 3 heteroatoms. The van der Waals surface area contributed by atoms with E-state index in [0.717, 1.165) is 39.3 Å². The van der Waals surface area contributed by atoms with Crippen LogP contribution in [0.15, 0.2) is 24.3 Å². The lowest BCUT2D eigenvalue weighted by Gasteiger charge is -2.31. The van der Waals surface area contributed by atoms with Gasteiger partial charge >= 0.3 is 0 Å². The van der Waals surface area contributed by atoms with Crippen LogP contribution < -0.4 is 5.32 Å². The molecule has 0 saturated carbocycles. The molecule has 1 aromatic carbocycles. The zero-order valence-electron chi connectivity index (χ0n) is 13.4. The molecule has 1 heterocycles. The van der Waals surface area contributed by atoms with Gasteiger partial charge in [0.15, 0.2) is 0 Å². The Bertz CT molecular complexity index is 402. The molecule has 1 aliphatic heterocycles. The van der Waals surface area contributed by atoms with E-state index in [9.17, 15) is 0 Å². The molecule has 1 unspecified atom stereocenters. The molecule has 3 nitrogen and oxygen atoms in total. The first-order valence-corrected chi connectivity index (χ1v) is 8.28. The van der Waals surface area contributed by atoms with Crippen LogP contribution in [0.3, 0.4) is 0 Å². The van der Waals surface area contributed by atoms with E-state index in [0.29, 0.717) is 5.92 Å². The zero-order chi connectivity index (χ0) is 14.9. The predicted molar refractivity (Wildman–Crippen MR) is 86.6 cm³/mol. The fraction of sp³-hybridized carbons (Fsp3) is 0.667. The number of ether oxygens (including phenoxy) is 2. The van der Waals surface area contributed by atoms with Gasteiger partial charge in [0, 0.05) is 32.3 Å². The Labute approximate surface area is 129 Å². The molecular formula is C18H29NO2. The van der Waals surface area contributed by atoms with Crippen molar-refractivity contribution in [2.75, 3.05) is 32.9 Å². The largest absolute Gasteiger partial charge is 0.382 e. The topological polar surface area (TPSA) is 30.5 Å². The van der Waals surface area contributed by atoms with E-state index < -0.39 is 0 Å². The van der Waals surface area contributed by atoms with Gasteiger partial charge in [-0.05, 0) is 45.2 Å². The van der Waals surface area contributed by atoms with Crippen molar-refractivity contribution in [3.05, 3.63) is 35.4 Å². The van der Waals surface area contributed by atoms with Gasteiger partial charge in [-0.1, -0.05) is 29.8 Å². The van der Waals surface area contributed by atoms with E-state index >= 15 is 0 Å². The second kappa shape index (κ2) is 9.19. The summed E-state index contributed by atoms with van der Waals surface area (Å²) in [5.74, 6) is 0.577. The first-order chi connectivity index (χ1) is 10.3. The molecular weight excluding hydrogens is 262 g/mol. The summed E-state index contributed by atoms with van der Waals surface area (Å²) in [5.41, 5.74) is 2.62. The first-order valence-electron chi connectivity index (χ1n) is 8.28. The van der Waals surface area contributed by atoms with Crippen molar-refractivity contribution in [1.29, 1.82) is 0 Å². The molecule has 1 N–H and O–H groups in total. The van der Waals surface area contributed by atoms with Gasteiger partial charge in [0.1, 0.15) is 0 Å². The number of rotatable bonds is 8. The Kier molecular flexibility index (Phi) is 7.20. The molecule has 0 aliphatic carbocycles. The molecule has 2 rings (SSSR count). The Morgan fingerprint density at radius 2 is 2.24 bits per heavy atom. The fourth-order valence-corrected chi connectivity index (χ4v) is 3.00. The zero-order valence-corrected chi connectivity index (χ0v) is 13.4. The summed E-state index contributed by atoms with van der Waals surface area (Å²) < 4.78 is 11.6. The highest BCUT2D eigenvalue weighted by Crippen LogP contribution is 2.31. The third-order valence-electron chi connectivity index (χ3n) is 4.07. The first kappa shape index (κ1) is 16.5. The number of benzene rings is 1. The average molecular weight is 291 g/mol. The van der Waals surface area contributed by atoms with Gasteiger partial charge in [0.25, 0.3) is 0 Å². The van der Waals surface area contributed by atoms with Crippen molar-refractivity contribution in [2.24, 2.45) is 5.92 Å².